The third kappa shape index (κ3) is 2.57. The number of aliphatic hydroxyl groups is 1. The molecule has 1 unspecified atom stereocenters. The second kappa shape index (κ2) is 4.88. The van der Waals surface area contributed by atoms with Crippen LogP contribution in [-0.4, -0.2) is 27.4 Å². The van der Waals surface area contributed by atoms with Crippen LogP contribution in [0.3, 0.4) is 0 Å². The largest absolute Gasteiger partial charge is 0.480 e. The Morgan fingerprint density at radius 2 is 2.00 bits per heavy atom. The van der Waals surface area contributed by atoms with E-state index in [0.29, 0.717) is 17.1 Å². The van der Waals surface area contributed by atoms with Gasteiger partial charge in [-0.2, -0.15) is 0 Å². The van der Waals surface area contributed by atoms with Crippen molar-refractivity contribution < 1.29 is 9.84 Å². The van der Waals surface area contributed by atoms with Gasteiger partial charge in [-0.1, -0.05) is 6.07 Å². The quantitative estimate of drug-likeness (QED) is 0.861. The molecule has 2 rings (SSSR count). The fourth-order valence-electron chi connectivity index (χ4n) is 1.40. The molecule has 0 bridgehead atoms. The lowest BCUT2D eigenvalue weighted by atomic mass is 10.1. The van der Waals surface area contributed by atoms with Crippen LogP contribution in [0.15, 0.2) is 30.5 Å². The number of methoxy groups -OCH3 is 1. The summed E-state index contributed by atoms with van der Waals surface area (Å²) in [6.07, 6.45) is 0.813. The molecule has 0 aliphatic carbocycles. The molecule has 0 saturated heterocycles. The number of ether oxygens (including phenoxy) is 1. The molecule has 5 heteroatoms. The van der Waals surface area contributed by atoms with Crippen LogP contribution in [0.25, 0.3) is 0 Å². The van der Waals surface area contributed by atoms with Gasteiger partial charge < -0.3 is 9.84 Å². The topological polar surface area (TPSA) is 68.1 Å². The number of hydrogen-bond donors (Lipinski definition) is 1. The van der Waals surface area contributed by atoms with Crippen molar-refractivity contribution in [1.29, 1.82) is 0 Å². The van der Waals surface area contributed by atoms with Crippen LogP contribution >= 0.6 is 0 Å². The second-order valence-corrected chi connectivity index (χ2v) is 3.64. The van der Waals surface area contributed by atoms with E-state index in [2.05, 4.69) is 15.2 Å². The lowest BCUT2D eigenvalue weighted by Crippen LogP contribution is -2.04. The average Bonchev–Trinajstić information content (AvgIpc) is 2.39. The first kappa shape index (κ1) is 11.5. The summed E-state index contributed by atoms with van der Waals surface area (Å²) in [6, 6.07) is 7.00. The molecular formula is C12H13N3O2. The Labute approximate surface area is 99.1 Å². The molecule has 2 heterocycles. The molecule has 17 heavy (non-hydrogen) atoms. The molecule has 5 nitrogen and oxygen atoms in total. The van der Waals surface area contributed by atoms with E-state index in [0.717, 1.165) is 5.69 Å². The van der Waals surface area contributed by atoms with Crippen molar-refractivity contribution in [2.45, 2.75) is 13.0 Å². The summed E-state index contributed by atoms with van der Waals surface area (Å²) in [5.74, 6) is 0.419. The Kier molecular flexibility index (Phi) is 3.30. The molecule has 0 amide bonds. The van der Waals surface area contributed by atoms with E-state index >= 15 is 0 Å². The SMILES string of the molecule is COc1ccc(C(O)c2ccc(C)nc2)nn1. The highest BCUT2D eigenvalue weighted by Gasteiger charge is 2.12. The van der Waals surface area contributed by atoms with Gasteiger partial charge in [0.05, 0.1) is 12.8 Å². The molecule has 1 N–H and O–H groups in total. The van der Waals surface area contributed by atoms with Gasteiger partial charge in [0.15, 0.2) is 0 Å². The number of aliphatic hydroxyl groups excluding tert-OH is 1. The summed E-state index contributed by atoms with van der Waals surface area (Å²) in [6.45, 7) is 1.89. The van der Waals surface area contributed by atoms with Crippen molar-refractivity contribution in [1.82, 2.24) is 15.2 Å². The standard InChI is InChI=1S/C12H13N3O2/c1-8-3-4-9(7-13-8)12(16)10-5-6-11(17-2)15-14-10/h3-7,12,16H,1-2H3. The zero-order valence-electron chi connectivity index (χ0n) is 9.66. The van der Waals surface area contributed by atoms with Crippen molar-refractivity contribution >= 4 is 0 Å². The van der Waals surface area contributed by atoms with Crippen molar-refractivity contribution in [3.63, 3.8) is 0 Å². The van der Waals surface area contributed by atoms with Gasteiger partial charge in [0, 0.05) is 23.5 Å². The molecule has 0 aliphatic rings. The van der Waals surface area contributed by atoms with Gasteiger partial charge in [-0.05, 0) is 19.1 Å². The molecule has 1 atom stereocenters. The predicted octanol–water partition coefficient (Wildman–Crippen LogP) is 1.27. The number of nitrogens with zero attached hydrogens (tertiary/aromatic N) is 3. The summed E-state index contributed by atoms with van der Waals surface area (Å²) in [5, 5.41) is 17.8. The summed E-state index contributed by atoms with van der Waals surface area (Å²) in [4.78, 5) is 4.13. The summed E-state index contributed by atoms with van der Waals surface area (Å²) < 4.78 is 4.90. The molecule has 0 aliphatic heterocycles. The molecule has 0 aromatic carbocycles. The van der Waals surface area contributed by atoms with E-state index in [1.807, 2.05) is 19.1 Å². The summed E-state index contributed by atoms with van der Waals surface area (Å²) in [5.41, 5.74) is 2.06. The normalized spacial score (nSPS) is 12.2. The van der Waals surface area contributed by atoms with Gasteiger partial charge in [0.1, 0.15) is 6.10 Å². The van der Waals surface area contributed by atoms with Crippen molar-refractivity contribution in [3.05, 3.63) is 47.4 Å². The predicted molar refractivity (Wildman–Crippen MR) is 61.6 cm³/mol. The number of aryl methyl sites for hydroxylation is 1. The van der Waals surface area contributed by atoms with Crippen LogP contribution in [-0.2, 0) is 0 Å². The van der Waals surface area contributed by atoms with Gasteiger partial charge in [-0.25, -0.2) is 0 Å². The highest BCUT2D eigenvalue weighted by atomic mass is 16.5. The van der Waals surface area contributed by atoms with Gasteiger partial charge in [-0.3, -0.25) is 4.98 Å². The van der Waals surface area contributed by atoms with Crippen LogP contribution in [0.2, 0.25) is 0 Å². The molecular weight excluding hydrogens is 218 g/mol. The van der Waals surface area contributed by atoms with E-state index in [1.54, 1.807) is 18.3 Å². The maximum atomic E-state index is 10.1. The maximum absolute atomic E-state index is 10.1. The molecule has 0 spiro atoms. The minimum absolute atomic E-state index is 0.419. The number of hydrogen-bond acceptors (Lipinski definition) is 5. The fourth-order valence-corrected chi connectivity index (χ4v) is 1.40. The smallest absolute Gasteiger partial charge is 0.233 e. The highest BCUT2D eigenvalue weighted by molar-refractivity contribution is 5.24. The van der Waals surface area contributed by atoms with E-state index in [-0.39, 0.29) is 0 Å². The first-order chi connectivity index (χ1) is 8.20. The second-order valence-electron chi connectivity index (χ2n) is 3.64. The van der Waals surface area contributed by atoms with Crippen LogP contribution in [0.1, 0.15) is 23.1 Å². The van der Waals surface area contributed by atoms with Gasteiger partial charge in [0.25, 0.3) is 0 Å². The third-order valence-electron chi connectivity index (χ3n) is 2.40. The van der Waals surface area contributed by atoms with E-state index in [4.69, 9.17) is 4.74 Å². The van der Waals surface area contributed by atoms with Gasteiger partial charge in [0.2, 0.25) is 5.88 Å². The number of aromatic nitrogens is 3. The Hall–Kier alpha value is -2.01. The Morgan fingerprint density at radius 1 is 1.18 bits per heavy atom. The molecule has 2 aromatic heterocycles. The average molecular weight is 231 g/mol. The lowest BCUT2D eigenvalue weighted by molar-refractivity contribution is 0.213. The summed E-state index contributed by atoms with van der Waals surface area (Å²) in [7, 11) is 1.52. The lowest BCUT2D eigenvalue weighted by Gasteiger charge is -2.09. The number of rotatable bonds is 3. The van der Waals surface area contributed by atoms with Crippen molar-refractivity contribution in [2.75, 3.05) is 7.11 Å². The van der Waals surface area contributed by atoms with Crippen LogP contribution < -0.4 is 4.74 Å². The van der Waals surface area contributed by atoms with E-state index in [1.165, 1.54) is 7.11 Å². The van der Waals surface area contributed by atoms with Gasteiger partial charge >= 0.3 is 0 Å². The zero-order valence-corrected chi connectivity index (χ0v) is 9.66. The molecule has 2 aromatic rings. The first-order valence-electron chi connectivity index (χ1n) is 5.19. The number of pyridine rings is 1. The van der Waals surface area contributed by atoms with Crippen molar-refractivity contribution in [3.8, 4) is 5.88 Å². The van der Waals surface area contributed by atoms with E-state index in [9.17, 15) is 5.11 Å². The first-order valence-corrected chi connectivity index (χ1v) is 5.19. The zero-order chi connectivity index (χ0) is 12.3. The summed E-state index contributed by atoms with van der Waals surface area (Å²) >= 11 is 0. The Bertz CT molecular complexity index is 482. The van der Waals surface area contributed by atoms with E-state index < -0.39 is 6.10 Å². The molecule has 0 radical (unpaired) electrons. The minimum Gasteiger partial charge on any atom is -0.480 e. The molecule has 88 valence electrons. The highest BCUT2D eigenvalue weighted by Crippen LogP contribution is 2.19. The minimum atomic E-state index is -0.818. The molecule has 0 saturated carbocycles. The fraction of sp³-hybridized carbons (Fsp3) is 0.250. The Balaban J connectivity index is 2.23. The van der Waals surface area contributed by atoms with Gasteiger partial charge in [-0.15, -0.1) is 10.2 Å². The van der Waals surface area contributed by atoms with Crippen LogP contribution in [0.4, 0.5) is 0 Å². The molecule has 0 fully saturated rings. The monoisotopic (exact) mass is 231 g/mol. The van der Waals surface area contributed by atoms with Crippen LogP contribution in [0.5, 0.6) is 5.88 Å². The third-order valence-corrected chi connectivity index (χ3v) is 2.40. The van der Waals surface area contributed by atoms with Crippen molar-refractivity contribution in [2.24, 2.45) is 0 Å². The van der Waals surface area contributed by atoms with Crippen LogP contribution in [0, 0.1) is 6.92 Å². The maximum Gasteiger partial charge on any atom is 0.233 e. The Morgan fingerprint density at radius 3 is 2.53 bits per heavy atom.